The van der Waals surface area contributed by atoms with E-state index in [1.165, 1.54) is 0 Å². The van der Waals surface area contributed by atoms with Gasteiger partial charge in [0.25, 0.3) is 5.91 Å². The molecule has 0 aromatic heterocycles. The van der Waals surface area contributed by atoms with Crippen molar-refractivity contribution in [3.63, 3.8) is 0 Å². The molecule has 0 spiro atoms. The van der Waals surface area contributed by atoms with Crippen LogP contribution in [0.1, 0.15) is 19.8 Å². The predicted molar refractivity (Wildman–Crippen MR) is 73.5 cm³/mol. The molecule has 0 heterocycles. The van der Waals surface area contributed by atoms with Crippen LogP contribution in [0.2, 0.25) is 0 Å². The molecule has 5 heteroatoms. The lowest BCUT2D eigenvalue weighted by atomic mass is 10.1. The number of hydrogen-bond donors (Lipinski definition) is 1. The summed E-state index contributed by atoms with van der Waals surface area (Å²) in [6, 6.07) is 9.31. The summed E-state index contributed by atoms with van der Waals surface area (Å²) in [5.41, 5.74) is 0. The van der Waals surface area contributed by atoms with Crippen LogP contribution in [-0.2, 0) is 9.59 Å². The summed E-state index contributed by atoms with van der Waals surface area (Å²) in [5, 5.41) is 8.95. The summed E-state index contributed by atoms with van der Waals surface area (Å²) in [5.74, 6) is -0.948. The van der Waals surface area contributed by atoms with Crippen molar-refractivity contribution >= 4 is 11.9 Å². The van der Waals surface area contributed by atoms with Gasteiger partial charge in [-0.2, -0.15) is 0 Å². The molecular weight excluding hydrogens is 258 g/mol. The molecule has 1 unspecified atom stereocenters. The third-order valence-corrected chi connectivity index (χ3v) is 3.31. The van der Waals surface area contributed by atoms with Gasteiger partial charge in [-0.1, -0.05) is 25.1 Å². The van der Waals surface area contributed by atoms with Gasteiger partial charge >= 0.3 is 5.97 Å². The van der Waals surface area contributed by atoms with E-state index in [4.69, 9.17) is 9.84 Å². The first-order chi connectivity index (χ1) is 9.58. The van der Waals surface area contributed by atoms with Crippen LogP contribution in [0, 0.1) is 5.92 Å². The molecule has 2 rings (SSSR count). The fourth-order valence-electron chi connectivity index (χ4n) is 1.96. The Kier molecular flexibility index (Phi) is 4.61. The average Bonchev–Trinajstić information content (AvgIpc) is 3.27. The van der Waals surface area contributed by atoms with Gasteiger partial charge in [-0.25, -0.2) is 0 Å². The number of nitrogens with zero attached hydrogens (tertiary/aromatic N) is 1. The highest BCUT2D eigenvalue weighted by molar-refractivity contribution is 5.79. The van der Waals surface area contributed by atoms with E-state index < -0.39 is 11.9 Å². The standard InChI is InChI=1S/C15H19NO4/c1-11(15(18)19)9-16(12-7-8-12)14(17)10-20-13-5-3-2-4-6-13/h2-6,11-12H,7-10H2,1H3,(H,18,19). The lowest BCUT2D eigenvalue weighted by molar-refractivity contribution is -0.143. The molecule has 1 N–H and O–H groups in total. The zero-order chi connectivity index (χ0) is 14.5. The molecule has 0 radical (unpaired) electrons. The van der Waals surface area contributed by atoms with Gasteiger partial charge in [-0.15, -0.1) is 0 Å². The summed E-state index contributed by atoms with van der Waals surface area (Å²) in [6.45, 7) is 1.81. The van der Waals surface area contributed by atoms with Crippen LogP contribution in [0.3, 0.4) is 0 Å². The van der Waals surface area contributed by atoms with Crippen molar-refractivity contribution in [2.75, 3.05) is 13.2 Å². The molecule has 0 saturated heterocycles. The number of carboxylic acid groups (broad SMARTS) is 1. The number of carboxylic acids is 1. The first-order valence-corrected chi connectivity index (χ1v) is 6.78. The Balaban J connectivity index is 1.89. The van der Waals surface area contributed by atoms with Crippen molar-refractivity contribution in [2.24, 2.45) is 5.92 Å². The van der Waals surface area contributed by atoms with E-state index in [0.29, 0.717) is 5.75 Å². The minimum absolute atomic E-state index is 0.0488. The molecule has 20 heavy (non-hydrogen) atoms. The maximum absolute atomic E-state index is 12.2. The SMILES string of the molecule is CC(CN(C(=O)COc1ccccc1)C1CC1)C(=O)O. The number of carbonyl (C=O) groups is 2. The molecule has 1 aromatic carbocycles. The first kappa shape index (κ1) is 14.4. The minimum Gasteiger partial charge on any atom is -0.484 e. The van der Waals surface area contributed by atoms with Crippen LogP contribution < -0.4 is 4.74 Å². The highest BCUT2D eigenvalue weighted by Crippen LogP contribution is 2.27. The highest BCUT2D eigenvalue weighted by atomic mass is 16.5. The Morgan fingerprint density at radius 3 is 2.55 bits per heavy atom. The zero-order valence-electron chi connectivity index (χ0n) is 11.5. The lowest BCUT2D eigenvalue weighted by Crippen LogP contribution is -2.41. The van der Waals surface area contributed by atoms with Gasteiger partial charge in [0.2, 0.25) is 0 Å². The number of ether oxygens (including phenoxy) is 1. The molecule has 1 amide bonds. The van der Waals surface area contributed by atoms with Crippen molar-refractivity contribution in [1.82, 2.24) is 4.90 Å². The second-order valence-electron chi connectivity index (χ2n) is 5.12. The van der Waals surface area contributed by atoms with Crippen LogP contribution >= 0.6 is 0 Å². The first-order valence-electron chi connectivity index (χ1n) is 6.78. The van der Waals surface area contributed by atoms with Crippen LogP contribution in [0.5, 0.6) is 5.75 Å². The van der Waals surface area contributed by atoms with Gasteiger partial charge in [-0.3, -0.25) is 9.59 Å². The van der Waals surface area contributed by atoms with Gasteiger partial charge in [-0.05, 0) is 25.0 Å². The van der Waals surface area contributed by atoms with E-state index in [1.54, 1.807) is 24.0 Å². The second kappa shape index (κ2) is 6.41. The highest BCUT2D eigenvalue weighted by Gasteiger charge is 2.34. The summed E-state index contributed by atoms with van der Waals surface area (Å²) in [7, 11) is 0. The van der Waals surface area contributed by atoms with Gasteiger partial charge in [0.1, 0.15) is 5.75 Å². The second-order valence-corrected chi connectivity index (χ2v) is 5.12. The summed E-state index contributed by atoms with van der Waals surface area (Å²) in [6.07, 6.45) is 1.90. The molecule has 1 atom stereocenters. The molecule has 1 aliphatic carbocycles. The maximum atomic E-state index is 12.2. The molecule has 0 bridgehead atoms. The molecule has 0 aliphatic heterocycles. The minimum atomic E-state index is -0.882. The topological polar surface area (TPSA) is 66.8 Å². The van der Waals surface area contributed by atoms with Gasteiger partial charge in [0.05, 0.1) is 5.92 Å². The van der Waals surface area contributed by atoms with Gasteiger partial charge in [0.15, 0.2) is 6.61 Å². The molecule has 1 aliphatic rings. The zero-order valence-corrected chi connectivity index (χ0v) is 11.5. The van der Waals surface area contributed by atoms with Crippen molar-refractivity contribution < 1.29 is 19.4 Å². The largest absolute Gasteiger partial charge is 0.484 e. The van der Waals surface area contributed by atoms with Crippen molar-refractivity contribution in [2.45, 2.75) is 25.8 Å². The Hall–Kier alpha value is -2.04. The van der Waals surface area contributed by atoms with E-state index in [2.05, 4.69) is 0 Å². The Morgan fingerprint density at radius 1 is 1.35 bits per heavy atom. The normalized spacial score (nSPS) is 15.4. The van der Waals surface area contributed by atoms with Crippen LogP contribution in [0.25, 0.3) is 0 Å². The Labute approximate surface area is 118 Å². The number of carbonyl (C=O) groups excluding carboxylic acids is 1. The van der Waals surface area contributed by atoms with Crippen molar-refractivity contribution in [3.05, 3.63) is 30.3 Å². The van der Waals surface area contributed by atoms with Crippen LogP contribution in [0.15, 0.2) is 30.3 Å². The van der Waals surface area contributed by atoms with Crippen molar-refractivity contribution in [3.8, 4) is 5.75 Å². The number of aliphatic carboxylic acids is 1. The number of benzene rings is 1. The monoisotopic (exact) mass is 277 g/mol. The average molecular weight is 277 g/mol. The predicted octanol–water partition coefficient (Wildman–Crippen LogP) is 1.78. The molecule has 1 aromatic rings. The molecular formula is C15H19NO4. The number of rotatable bonds is 7. The number of hydrogen-bond acceptors (Lipinski definition) is 3. The summed E-state index contributed by atoms with van der Waals surface area (Å²) < 4.78 is 5.43. The van der Waals surface area contributed by atoms with Crippen molar-refractivity contribution in [1.29, 1.82) is 0 Å². The van der Waals surface area contributed by atoms with Gasteiger partial charge in [0, 0.05) is 12.6 Å². The Bertz CT molecular complexity index is 470. The third-order valence-electron chi connectivity index (χ3n) is 3.31. The van der Waals surface area contributed by atoms with Crippen LogP contribution in [-0.4, -0.2) is 41.1 Å². The van der Waals surface area contributed by atoms with Crippen LogP contribution in [0.4, 0.5) is 0 Å². The lowest BCUT2D eigenvalue weighted by Gasteiger charge is -2.24. The quantitative estimate of drug-likeness (QED) is 0.825. The number of para-hydroxylation sites is 1. The van der Waals surface area contributed by atoms with E-state index >= 15 is 0 Å². The smallest absolute Gasteiger partial charge is 0.308 e. The maximum Gasteiger partial charge on any atom is 0.308 e. The Morgan fingerprint density at radius 2 is 2.00 bits per heavy atom. The van der Waals surface area contributed by atoms with Gasteiger partial charge < -0.3 is 14.7 Å². The van der Waals surface area contributed by atoms with E-state index in [9.17, 15) is 9.59 Å². The molecule has 1 saturated carbocycles. The summed E-state index contributed by atoms with van der Waals surface area (Å²) in [4.78, 5) is 24.7. The third kappa shape index (κ3) is 3.98. The van der Waals surface area contributed by atoms with E-state index in [1.807, 2.05) is 18.2 Å². The molecule has 5 nitrogen and oxygen atoms in total. The van der Waals surface area contributed by atoms with E-state index in [0.717, 1.165) is 12.8 Å². The van der Waals surface area contributed by atoms with E-state index in [-0.39, 0.29) is 25.1 Å². The molecule has 108 valence electrons. The fourth-order valence-corrected chi connectivity index (χ4v) is 1.96. The molecule has 1 fully saturated rings. The fraction of sp³-hybridized carbons (Fsp3) is 0.467. The summed E-state index contributed by atoms with van der Waals surface area (Å²) >= 11 is 0. The number of amides is 1.